The fraction of sp³-hybridized carbons (Fsp3) is 0.579. The molecular formula is C19H30N2O4. The topological polar surface area (TPSA) is 76.7 Å². The van der Waals surface area contributed by atoms with Gasteiger partial charge in [-0.2, -0.15) is 0 Å². The zero-order valence-corrected chi connectivity index (χ0v) is 16.1. The maximum atomic E-state index is 12.2. The highest BCUT2D eigenvalue weighted by Crippen LogP contribution is 2.28. The molecule has 0 fully saturated rings. The van der Waals surface area contributed by atoms with Crippen molar-refractivity contribution in [2.24, 2.45) is 11.3 Å². The zero-order chi connectivity index (χ0) is 19.0. The van der Waals surface area contributed by atoms with Crippen LogP contribution in [-0.2, 0) is 4.79 Å². The van der Waals surface area contributed by atoms with Crippen molar-refractivity contribution >= 4 is 11.8 Å². The summed E-state index contributed by atoms with van der Waals surface area (Å²) in [6, 6.07) is 4.93. The van der Waals surface area contributed by atoms with Crippen molar-refractivity contribution in [2.45, 2.75) is 47.5 Å². The van der Waals surface area contributed by atoms with Crippen LogP contribution in [0.15, 0.2) is 18.2 Å². The van der Waals surface area contributed by atoms with E-state index in [1.54, 1.807) is 18.2 Å². The summed E-state index contributed by atoms with van der Waals surface area (Å²) in [5.74, 6) is 0.982. The molecule has 0 saturated heterocycles. The van der Waals surface area contributed by atoms with Crippen LogP contribution >= 0.6 is 0 Å². The van der Waals surface area contributed by atoms with Crippen LogP contribution in [0, 0.1) is 11.3 Å². The average Bonchev–Trinajstić information content (AvgIpc) is 2.58. The molecule has 0 aliphatic heterocycles. The number of benzene rings is 1. The van der Waals surface area contributed by atoms with Gasteiger partial charge in [-0.15, -0.1) is 0 Å². The normalized spacial score (nSPS) is 11.2. The minimum atomic E-state index is -0.543. The Labute approximate surface area is 150 Å². The zero-order valence-electron chi connectivity index (χ0n) is 16.1. The predicted molar refractivity (Wildman–Crippen MR) is 97.6 cm³/mol. The fourth-order valence-electron chi connectivity index (χ4n) is 1.85. The van der Waals surface area contributed by atoms with Crippen molar-refractivity contribution in [1.82, 2.24) is 10.9 Å². The van der Waals surface area contributed by atoms with Gasteiger partial charge in [-0.25, -0.2) is 0 Å². The number of nitrogens with one attached hydrogen (secondary N) is 2. The van der Waals surface area contributed by atoms with E-state index in [1.807, 2.05) is 20.8 Å². The van der Waals surface area contributed by atoms with Gasteiger partial charge in [0.25, 0.3) is 5.91 Å². The standard InChI is InChI=1S/C19H30N2O4/c1-7-19(4,5)18(23)21-20-17(22)14-8-9-15(16(12-14)24-6)25-11-10-13(2)3/h8-9,12-13H,7,10-11H2,1-6H3,(H,20,22)(H,21,23). The van der Waals surface area contributed by atoms with E-state index >= 15 is 0 Å². The molecule has 0 saturated carbocycles. The number of methoxy groups -OCH3 is 1. The summed E-state index contributed by atoms with van der Waals surface area (Å²) in [6.45, 7) is 10.4. The Morgan fingerprint density at radius 3 is 2.40 bits per heavy atom. The SMILES string of the molecule is CCC(C)(C)C(=O)NNC(=O)c1ccc(OCCC(C)C)c(OC)c1. The first-order valence-electron chi connectivity index (χ1n) is 8.63. The molecule has 0 heterocycles. The Hall–Kier alpha value is -2.24. The van der Waals surface area contributed by atoms with Crippen LogP contribution in [0.2, 0.25) is 0 Å². The van der Waals surface area contributed by atoms with Crippen LogP contribution in [0.1, 0.15) is 57.8 Å². The van der Waals surface area contributed by atoms with Gasteiger partial charge < -0.3 is 9.47 Å². The lowest BCUT2D eigenvalue weighted by Crippen LogP contribution is -2.47. The lowest BCUT2D eigenvalue weighted by Gasteiger charge is -2.21. The Kier molecular flexibility index (Phi) is 7.74. The van der Waals surface area contributed by atoms with Gasteiger partial charge in [-0.05, 0) is 37.0 Å². The maximum absolute atomic E-state index is 12.2. The molecule has 0 aliphatic rings. The molecule has 0 unspecified atom stereocenters. The highest BCUT2D eigenvalue weighted by Gasteiger charge is 2.25. The van der Waals surface area contributed by atoms with Gasteiger partial charge in [0.15, 0.2) is 11.5 Å². The van der Waals surface area contributed by atoms with Crippen molar-refractivity contribution in [3.8, 4) is 11.5 Å². The molecule has 0 atom stereocenters. The molecular weight excluding hydrogens is 320 g/mol. The van der Waals surface area contributed by atoms with E-state index in [9.17, 15) is 9.59 Å². The second-order valence-corrected chi connectivity index (χ2v) is 7.04. The quantitative estimate of drug-likeness (QED) is 0.705. The number of amides is 2. The highest BCUT2D eigenvalue weighted by molar-refractivity contribution is 5.96. The maximum Gasteiger partial charge on any atom is 0.269 e. The van der Waals surface area contributed by atoms with Gasteiger partial charge in [0.1, 0.15) is 0 Å². The van der Waals surface area contributed by atoms with Gasteiger partial charge in [0.05, 0.1) is 13.7 Å². The summed E-state index contributed by atoms with van der Waals surface area (Å²) in [5, 5.41) is 0. The van der Waals surface area contributed by atoms with E-state index < -0.39 is 11.3 Å². The second kappa shape index (κ2) is 9.30. The number of carbonyl (C=O) groups is 2. The highest BCUT2D eigenvalue weighted by atomic mass is 16.5. The molecule has 0 bridgehead atoms. The van der Waals surface area contributed by atoms with Crippen LogP contribution in [0.4, 0.5) is 0 Å². The van der Waals surface area contributed by atoms with E-state index in [-0.39, 0.29) is 5.91 Å². The van der Waals surface area contributed by atoms with Crippen LogP contribution < -0.4 is 20.3 Å². The first kappa shape index (κ1) is 20.8. The number of rotatable bonds is 8. The molecule has 2 N–H and O–H groups in total. The molecule has 0 aromatic heterocycles. The summed E-state index contributed by atoms with van der Waals surface area (Å²) >= 11 is 0. The summed E-state index contributed by atoms with van der Waals surface area (Å²) in [7, 11) is 1.53. The Balaban J connectivity index is 2.72. The lowest BCUT2D eigenvalue weighted by molar-refractivity contribution is -0.130. The predicted octanol–water partition coefficient (Wildman–Crippen LogP) is 3.32. The van der Waals surface area contributed by atoms with Gasteiger partial charge in [-0.3, -0.25) is 20.4 Å². The molecule has 6 nitrogen and oxygen atoms in total. The molecule has 140 valence electrons. The molecule has 1 aromatic carbocycles. The Morgan fingerprint density at radius 2 is 1.84 bits per heavy atom. The molecule has 0 aliphatic carbocycles. The van der Waals surface area contributed by atoms with Crippen molar-refractivity contribution < 1.29 is 19.1 Å². The third kappa shape index (κ3) is 6.29. The van der Waals surface area contributed by atoms with E-state index in [0.29, 0.717) is 36.0 Å². The number of hydrogen-bond acceptors (Lipinski definition) is 4. The van der Waals surface area contributed by atoms with E-state index in [4.69, 9.17) is 9.47 Å². The molecule has 1 aromatic rings. The van der Waals surface area contributed by atoms with Gasteiger partial charge >= 0.3 is 0 Å². The molecule has 25 heavy (non-hydrogen) atoms. The lowest BCUT2D eigenvalue weighted by atomic mass is 9.90. The van der Waals surface area contributed by atoms with Crippen molar-refractivity contribution in [1.29, 1.82) is 0 Å². The summed E-state index contributed by atoms with van der Waals surface area (Å²) in [4.78, 5) is 24.2. The van der Waals surface area contributed by atoms with E-state index in [0.717, 1.165) is 6.42 Å². The smallest absolute Gasteiger partial charge is 0.269 e. The van der Waals surface area contributed by atoms with Crippen molar-refractivity contribution in [3.05, 3.63) is 23.8 Å². The van der Waals surface area contributed by atoms with Crippen molar-refractivity contribution in [2.75, 3.05) is 13.7 Å². The van der Waals surface area contributed by atoms with Crippen LogP contribution in [-0.4, -0.2) is 25.5 Å². The van der Waals surface area contributed by atoms with Crippen LogP contribution in [0.5, 0.6) is 11.5 Å². The monoisotopic (exact) mass is 350 g/mol. The third-order valence-corrected chi connectivity index (χ3v) is 4.17. The summed E-state index contributed by atoms with van der Waals surface area (Å²) in [5.41, 5.74) is 4.73. The first-order chi connectivity index (χ1) is 11.7. The minimum Gasteiger partial charge on any atom is -0.493 e. The Bertz CT molecular complexity index is 597. The molecule has 0 radical (unpaired) electrons. The molecule has 0 spiro atoms. The summed E-state index contributed by atoms with van der Waals surface area (Å²) < 4.78 is 11.0. The van der Waals surface area contributed by atoms with E-state index in [2.05, 4.69) is 24.7 Å². The number of hydrogen-bond donors (Lipinski definition) is 2. The molecule has 1 rings (SSSR count). The fourth-order valence-corrected chi connectivity index (χ4v) is 1.85. The largest absolute Gasteiger partial charge is 0.493 e. The number of hydrazine groups is 1. The second-order valence-electron chi connectivity index (χ2n) is 7.04. The third-order valence-electron chi connectivity index (χ3n) is 4.17. The summed E-state index contributed by atoms with van der Waals surface area (Å²) in [6.07, 6.45) is 1.61. The van der Waals surface area contributed by atoms with Crippen LogP contribution in [0.25, 0.3) is 0 Å². The van der Waals surface area contributed by atoms with Gasteiger partial charge in [0.2, 0.25) is 5.91 Å². The molecule has 2 amide bonds. The Morgan fingerprint density at radius 1 is 1.16 bits per heavy atom. The number of ether oxygens (including phenoxy) is 2. The minimum absolute atomic E-state index is 0.232. The number of carbonyl (C=O) groups excluding carboxylic acids is 2. The van der Waals surface area contributed by atoms with E-state index in [1.165, 1.54) is 7.11 Å². The average molecular weight is 350 g/mol. The first-order valence-corrected chi connectivity index (χ1v) is 8.63. The van der Waals surface area contributed by atoms with Gasteiger partial charge in [0, 0.05) is 11.0 Å². The van der Waals surface area contributed by atoms with Gasteiger partial charge in [-0.1, -0.05) is 34.6 Å². The molecule has 6 heteroatoms. The van der Waals surface area contributed by atoms with Crippen molar-refractivity contribution in [3.63, 3.8) is 0 Å². The van der Waals surface area contributed by atoms with Crippen LogP contribution in [0.3, 0.4) is 0 Å².